The number of aryl methyl sites for hydroxylation is 1. The maximum absolute atomic E-state index is 12.1. The molecule has 1 amide bonds. The zero-order valence-electron chi connectivity index (χ0n) is 12.9. The SMILES string of the molecule is C[C@H](NC(=O)CCn1c(=O)sc2ccccc21)c1ccccc1. The van der Waals surface area contributed by atoms with Crippen molar-refractivity contribution in [2.75, 3.05) is 0 Å². The molecule has 0 unspecified atom stereocenters. The fourth-order valence-electron chi connectivity index (χ4n) is 2.58. The first-order valence-corrected chi connectivity index (χ1v) is 8.39. The number of benzene rings is 2. The quantitative estimate of drug-likeness (QED) is 0.782. The molecule has 0 bridgehead atoms. The largest absolute Gasteiger partial charge is 0.350 e. The van der Waals surface area contributed by atoms with Crippen molar-refractivity contribution in [1.82, 2.24) is 9.88 Å². The van der Waals surface area contributed by atoms with Crippen LogP contribution in [-0.4, -0.2) is 10.5 Å². The van der Waals surface area contributed by atoms with Crippen LogP contribution in [0.25, 0.3) is 10.2 Å². The fourth-order valence-corrected chi connectivity index (χ4v) is 3.50. The molecule has 0 spiro atoms. The Bertz CT molecular complexity index is 867. The zero-order chi connectivity index (χ0) is 16.2. The first-order chi connectivity index (χ1) is 11.1. The highest BCUT2D eigenvalue weighted by Gasteiger charge is 2.11. The van der Waals surface area contributed by atoms with Crippen molar-refractivity contribution in [3.8, 4) is 0 Å². The Labute approximate surface area is 138 Å². The Morgan fingerprint density at radius 2 is 1.83 bits per heavy atom. The molecule has 2 aromatic carbocycles. The van der Waals surface area contributed by atoms with Gasteiger partial charge in [-0.25, -0.2) is 0 Å². The number of nitrogens with zero attached hydrogens (tertiary/aromatic N) is 1. The van der Waals surface area contributed by atoms with Gasteiger partial charge in [0.05, 0.1) is 16.3 Å². The average molecular weight is 326 g/mol. The van der Waals surface area contributed by atoms with Crippen molar-refractivity contribution >= 4 is 27.5 Å². The maximum Gasteiger partial charge on any atom is 0.308 e. The molecule has 0 fully saturated rings. The first-order valence-electron chi connectivity index (χ1n) is 7.58. The van der Waals surface area contributed by atoms with E-state index >= 15 is 0 Å². The lowest BCUT2D eigenvalue weighted by Gasteiger charge is -2.14. The topological polar surface area (TPSA) is 51.1 Å². The van der Waals surface area contributed by atoms with Crippen molar-refractivity contribution in [2.45, 2.75) is 25.9 Å². The van der Waals surface area contributed by atoms with E-state index in [4.69, 9.17) is 0 Å². The Morgan fingerprint density at radius 3 is 2.61 bits per heavy atom. The molecule has 1 heterocycles. The predicted molar refractivity (Wildman–Crippen MR) is 93.7 cm³/mol. The Kier molecular flexibility index (Phi) is 4.57. The van der Waals surface area contributed by atoms with Crippen LogP contribution >= 0.6 is 11.3 Å². The van der Waals surface area contributed by atoms with E-state index < -0.39 is 0 Å². The highest BCUT2D eigenvalue weighted by atomic mass is 32.1. The average Bonchev–Trinajstić information content (AvgIpc) is 2.89. The molecule has 0 aliphatic rings. The summed E-state index contributed by atoms with van der Waals surface area (Å²) in [5.41, 5.74) is 1.96. The molecule has 118 valence electrons. The fraction of sp³-hybridized carbons (Fsp3) is 0.222. The summed E-state index contributed by atoms with van der Waals surface area (Å²) in [6.07, 6.45) is 0.289. The molecule has 4 nitrogen and oxygen atoms in total. The van der Waals surface area contributed by atoms with E-state index in [-0.39, 0.29) is 23.2 Å². The second-order valence-electron chi connectivity index (χ2n) is 5.44. The summed E-state index contributed by atoms with van der Waals surface area (Å²) in [4.78, 5) is 24.2. The monoisotopic (exact) mass is 326 g/mol. The minimum absolute atomic E-state index is 0.0184. The molecule has 0 saturated carbocycles. The van der Waals surface area contributed by atoms with Gasteiger partial charge in [-0.1, -0.05) is 53.8 Å². The van der Waals surface area contributed by atoms with Gasteiger partial charge < -0.3 is 5.32 Å². The Morgan fingerprint density at radius 1 is 1.13 bits per heavy atom. The molecule has 1 atom stereocenters. The summed E-state index contributed by atoms with van der Waals surface area (Å²) >= 11 is 1.22. The van der Waals surface area contributed by atoms with E-state index in [2.05, 4.69) is 5.32 Å². The summed E-state index contributed by atoms with van der Waals surface area (Å²) in [5.74, 6) is -0.0523. The van der Waals surface area contributed by atoms with E-state index in [1.165, 1.54) is 11.3 Å². The number of carbonyl (C=O) groups is 1. The summed E-state index contributed by atoms with van der Waals surface area (Å²) in [6, 6.07) is 17.5. The van der Waals surface area contributed by atoms with Crippen LogP contribution in [0.3, 0.4) is 0 Å². The zero-order valence-corrected chi connectivity index (χ0v) is 13.7. The van der Waals surface area contributed by atoms with Crippen LogP contribution in [0.4, 0.5) is 0 Å². The number of rotatable bonds is 5. The molecule has 1 aromatic heterocycles. The van der Waals surface area contributed by atoms with E-state index in [1.807, 2.05) is 61.5 Å². The van der Waals surface area contributed by atoms with Gasteiger partial charge in [0, 0.05) is 13.0 Å². The second-order valence-corrected chi connectivity index (χ2v) is 6.43. The molecule has 0 aliphatic carbocycles. The van der Waals surface area contributed by atoms with Gasteiger partial charge in [0.25, 0.3) is 0 Å². The molecule has 5 heteroatoms. The van der Waals surface area contributed by atoms with E-state index in [9.17, 15) is 9.59 Å². The van der Waals surface area contributed by atoms with Gasteiger partial charge in [0.2, 0.25) is 5.91 Å². The smallest absolute Gasteiger partial charge is 0.308 e. The third-order valence-electron chi connectivity index (χ3n) is 3.81. The molecule has 3 rings (SSSR count). The molecule has 3 aromatic rings. The molecule has 0 radical (unpaired) electrons. The van der Waals surface area contributed by atoms with Gasteiger partial charge in [0.1, 0.15) is 0 Å². The van der Waals surface area contributed by atoms with Gasteiger partial charge in [-0.3, -0.25) is 14.2 Å². The number of nitrogens with one attached hydrogen (secondary N) is 1. The van der Waals surface area contributed by atoms with Crippen LogP contribution in [0.5, 0.6) is 0 Å². The normalized spacial score (nSPS) is 12.2. The summed E-state index contributed by atoms with van der Waals surface area (Å²) in [7, 11) is 0. The van der Waals surface area contributed by atoms with Crippen LogP contribution in [-0.2, 0) is 11.3 Å². The van der Waals surface area contributed by atoms with Crippen LogP contribution in [0.1, 0.15) is 24.9 Å². The highest BCUT2D eigenvalue weighted by molar-refractivity contribution is 7.16. The molecule has 1 N–H and O–H groups in total. The number of para-hydroxylation sites is 1. The number of thiazole rings is 1. The summed E-state index contributed by atoms with van der Waals surface area (Å²) in [6.45, 7) is 2.36. The van der Waals surface area contributed by atoms with Gasteiger partial charge >= 0.3 is 4.87 Å². The maximum atomic E-state index is 12.1. The van der Waals surface area contributed by atoms with Crippen molar-refractivity contribution < 1.29 is 4.79 Å². The summed E-state index contributed by atoms with van der Waals surface area (Å²) in [5, 5.41) is 2.98. The van der Waals surface area contributed by atoms with E-state index in [0.29, 0.717) is 6.54 Å². The van der Waals surface area contributed by atoms with Crippen molar-refractivity contribution in [1.29, 1.82) is 0 Å². The number of fused-ring (bicyclic) bond motifs is 1. The first kappa shape index (κ1) is 15.5. The van der Waals surface area contributed by atoms with Gasteiger partial charge in [-0.2, -0.15) is 0 Å². The van der Waals surface area contributed by atoms with Crippen molar-refractivity contribution in [3.05, 3.63) is 69.8 Å². The molecule has 0 aliphatic heterocycles. The van der Waals surface area contributed by atoms with Crippen molar-refractivity contribution in [2.24, 2.45) is 0 Å². The number of carbonyl (C=O) groups excluding carboxylic acids is 1. The number of amides is 1. The van der Waals surface area contributed by atoms with Crippen LogP contribution in [0, 0.1) is 0 Å². The summed E-state index contributed by atoms with van der Waals surface area (Å²) < 4.78 is 2.63. The van der Waals surface area contributed by atoms with Crippen LogP contribution < -0.4 is 10.2 Å². The lowest BCUT2D eigenvalue weighted by molar-refractivity contribution is -0.121. The van der Waals surface area contributed by atoms with Crippen LogP contribution in [0.2, 0.25) is 0 Å². The molecular weight excluding hydrogens is 308 g/mol. The minimum Gasteiger partial charge on any atom is -0.350 e. The molecule has 0 saturated heterocycles. The highest BCUT2D eigenvalue weighted by Crippen LogP contribution is 2.17. The Balaban J connectivity index is 1.65. The standard InChI is InChI=1S/C18H18N2O2S/c1-13(14-7-3-2-4-8-14)19-17(21)11-12-20-15-9-5-6-10-16(15)23-18(20)22/h2-10,13H,11-12H2,1H3,(H,19,21)/t13-/m0/s1. The van der Waals surface area contributed by atoms with E-state index in [1.54, 1.807) is 4.57 Å². The third kappa shape index (κ3) is 3.51. The predicted octanol–water partition coefficient (Wildman–Crippen LogP) is 3.33. The lowest BCUT2D eigenvalue weighted by Crippen LogP contribution is -2.28. The second kappa shape index (κ2) is 6.79. The minimum atomic E-state index is -0.0523. The van der Waals surface area contributed by atoms with Crippen LogP contribution in [0.15, 0.2) is 59.4 Å². The molecule has 23 heavy (non-hydrogen) atoms. The number of hydrogen-bond donors (Lipinski definition) is 1. The van der Waals surface area contributed by atoms with Gasteiger partial charge in [-0.05, 0) is 24.6 Å². The Hall–Kier alpha value is -2.40. The number of hydrogen-bond acceptors (Lipinski definition) is 3. The van der Waals surface area contributed by atoms with Crippen molar-refractivity contribution in [3.63, 3.8) is 0 Å². The van der Waals surface area contributed by atoms with Gasteiger partial charge in [-0.15, -0.1) is 0 Å². The molecular formula is C18H18N2O2S. The third-order valence-corrected chi connectivity index (χ3v) is 4.77. The van der Waals surface area contributed by atoms with Gasteiger partial charge in [0.15, 0.2) is 0 Å². The van der Waals surface area contributed by atoms with E-state index in [0.717, 1.165) is 15.8 Å². The lowest BCUT2D eigenvalue weighted by atomic mass is 10.1. The number of aromatic nitrogens is 1.